The molecule has 0 aliphatic rings. The maximum atomic E-state index is 12.9. The topological polar surface area (TPSA) is 60.5 Å². The number of nitrogens with one attached hydrogen (secondary N) is 1. The normalized spacial score (nSPS) is 13.7. The van der Waals surface area contributed by atoms with Gasteiger partial charge in [-0.2, -0.15) is 0 Å². The van der Waals surface area contributed by atoms with Crippen molar-refractivity contribution in [3.8, 4) is 5.75 Å². The van der Waals surface area contributed by atoms with Gasteiger partial charge in [0.1, 0.15) is 16.9 Å². The van der Waals surface area contributed by atoms with Gasteiger partial charge in [-0.15, -0.1) is 0 Å². The third kappa shape index (κ3) is 4.48. The smallest absolute Gasteiger partial charge is 0.256 e. The number of anilines is 1. The van der Waals surface area contributed by atoms with E-state index in [1.807, 2.05) is 45.0 Å². The molecule has 0 bridgehead atoms. The zero-order valence-electron chi connectivity index (χ0n) is 15.8. The molecule has 0 aliphatic heterocycles. The molecule has 0 spiro atoms. The Balaban J connectivity index is 2.36. The zero-order chi connectivity index (χ0) is 18.4. The molecule has 2 rings (SSSR count). The van der Waals surface area contributed by atoms with Crippen molar-refractivity contribution in [1.82, 2.24) is 4.98 Å². The van der Waals surface area contributed by atoms with Crippen LogP contribution in [0.4, 0.5) is 5.69 Å². The number of hydrogen-bond donors (Lipinski definition) is 1. The molecule has 2 aromatic rings. The van der Waals surface area contributed by atoms with Crippen molar-refractivity contribution in [2.24, 2.45) is 5.92 Å². The van der Waals surface area contributed by atoms with Crippen molar-refractivity contribution in [2.75, 3.05) is 18.5 Å². The van der Waals surface area contributed by atoms with Crippen LogP contribution >= 0.6 is 0 Å². The van der Waals surface area contributed by atoms with Crippen LogP contribution in [0.25, 0.3) is 10.9 Å². The van der Waals surface area contributed by atoms with Crippen molar-refractivity contribution in [3.63, 3.8) is 0 Å². The monoisotopic (exact) mass is 344 g/mol. The minimum atomic E-state index is -0.865. The number of hydrogen-bond acceptors (Lipinski definition) is 4. The van der Waals surface area contributed by atoms with Gasteiger partial charge in [-0.25, -0.2) is 0 Å². The summed E-state index contributed by atoms with van der Waals surface area (Å²) >= 11 is 0. The third-order valence-corrected chi connectivity index (χ3v) is 4.02. The summed E-state index contributed by atoms with van der Waals surface area (Å²) < 4.78 is 11.4. The molecule has 1 aromatic carbocycles. The predicted molar refractivity (Wildman–Crippen MR) is 101 cm³/mol. The Bertz CT molecular complexity index is 730. The van der Waals surface area contributed by atoms with Gasteiger partial charge in [0.15, 0.2) is 0 Å². The van der Waals surface area contributed by atoms with Crippen LogP contribution in [0.3, 0.4) is 0 Å². The number of aromatic nitrogens is 1. The summed E-state index contributed by atoms with van der Waals surface area (Å²) in [6.45, 7) is 10.9. The maximum absolute atomic E-state index is 12.9. The van der Waals surface area contributed by atoms with Gasteiger partial charge in [0.05, 0.1) is 12.3 Å². The number of fused-ring (bicyclic) bond motifs is 1. The highest BCUT2D eigenvalue weighted by atomic mass is 16.5. The standard InChI is InChI=1S/C20H28N2O3/c1-6-24-17-11-10-16(15-9-8-12-21-18(15)17)22-19(23)20(5,25-7-2)13-14(3)4/h8-12,14H,6-7,13H2,1-5H3,(H,22,23). The summed E-state index contributed by atoms with van der Waals surface area (Å²) in [5, 5.41) is 3.88. The maximum Gasteiger partial charge on any atom is 0.256 e. The number of pyridine rings is 1. The molecule has 0 fully saturated rings. The zero-order valence-corrected chi connectivity index (χ0v) is 15.8. The van der Waals surface area contributed by atoms with Crippen molar-refractivity contribution in [3.05, 3.63) is 30.5 Å². The van der Waals surface area contributed by atoms with Crippen LogP contribution in [0, 0.1) is 5.92 Å². The highest BCUT2D eigenvalue weighted by molar-refractivity contribution is 6.05. The van der Waals surface area contributed by atoms with E-state index in [4.69, 9.17) is 9.47 Å². The Hall–Kier alpha value is -2.14. The fourth-order valence-electron chi connectivity index (χ4n) is 3.10. The molecule has 0 aliphatic carbocycles. The number of ether oxygens (including phenoxy) is 2. The summed E-state index contributed by atoms with van der Waals surface area (Å²) in [5.41, 5.74) is 0.589. The lowest BCUT2D eigenvalue weighted by atomic mass is 9.93. The lowest BCUT2D eigenvalue weighted by Crippen LogP contribution is -2.44. The summed E-state index contributed by atoms with van der Waals surface area (Å²) in [6.07, 6.45) is 2.37. The van der Waals surface area contributed by atoms with Crippen molar-refractivity contribution >= 4 is 22.5 Å². The van der Waals surface area contributed by atoms with Crippen LogP contribution in [0.15, 0.2) is 30.5 Å². The van der Waals surface area contributed by atoms with Gasteiger partial charge in [-0.3, -0.25) is 9.78 Å². The molecule has 5 heteroatoms. The molecule has 1 N–H and O–H groups in total. The lowest BCUT2D eigenvalue weighted by Gasteiger charge is -2.30. The van der Waals surface area contributed by atoms with Crippen molar-refractivity contribution in [2.45, 2.75) is 46.6 Å². The number of nitrogens with zero attached hydrogens (tertiary/aromatic N) is 1. The van der Waals surface area contributed by atoms with E-state index in [1.54, 1.807) is 6.20 Å². The first-order valence-corrected chi connectivity index (χ1v) is 8.87. The second-order valence-electron chi connectivity index (χ2n) is 6.66. The number of rotatable bonds is 8. The van der Waals surface area contributed by atoms with Crippen molar-refractivity contribution in [1.29, 1.82) is 0 Å². The first kappa shape index (κ1) is 19.2. The molecule has 136 valence electrons. The first-order chi connectivity index (χ1) is 11.9. The molecule has 1 unspecified atom stereocenters. The van der Waals surface area contributed by atoms with Gasteiger partial charge in [0.2, 0.25) is 0 Å². The van der Waals surface area contributed by atoms with Crippen LogP contribution in [0.2, 0.25) is 0 Å². The SMILES string of the molecule is CCOc1ccc(NC(=O)C(C)(CC(C)C)OCC)c2cccnc12. The molecule has 0 radical (unpaired) electrons. The van der Waals surface area contributed by atoms with E-state index < -0.39 is 5.60 Å². The minimum absolute atomic E-state index is 0.141. The average Bonchev–Trinajstić information content (AvgIpc) is 2.56. The highest BCUT2D eigenvalue weighted by Crippen LogP contribution is 2.31. The number of carbonyl (C=O) groups excluding carboxylic acids is 1. The summed E-state index contributed by atoms with van der Waals surface area (Å²) in [4.78, 5) is 17.3. The largest absolute Gasteiger partial charge is 0.492 e. The molecular weight excluding hydrogens is 316 g/mol. The summed E-state index contributed by atoms with van der Waals surface area (Å²) in [6, 6.07) is 7.48. The Morgan fingerprint density at radius 2 is 2.00 bits per heavy atom. The first-order valence-electron chi connectivity index (χ1n) is 8.87. The number of carbonyl (C=O) groups is 1. The molecule has 1 aromatic heterocycles. The van der Waals surface area contributed by atoms with Gasteiger partial charge in [-0.1, -0.05) is 13.8 Å². The van der Waals surface area contributed by atoms with Gasteiger partial charge in [0, 0.05) is 18.2 Å². The van der Waals surface area contributed by atoms with Gasteiger partial charge in [0.25, 0.3) is 5.91 Å². The van der Waals surface area contributed by atoms with Gasteiger partial charge in [-0.05, 0) is 57.4 Å². The molecule has 0 saturated heterocycles. The van der Waals surface area contributed by atoms with Crippen molar-refractivity contribution < 1.29 is 14.3 Å². The minimum Gasteiger partial charge on any atom is -0.492 e. The lowest BCUT2D eigenvalue weighted by molar-refractivity contribution is -0.140. The molecule has 1 amide bonds. The number of amides is 1. The fourth-order valence-corrected chi connectivity index (χ4v) is 3.10. The van der Waals surface area contributed by atoms with Crippen LogP contribution in [0.1, 0.15) is 41.0 Å². The van der Waals surface area contributed by atoms with E-state index in [0.717, 1.165) is 10.9 Å². The van der Waals surface area contributed by atoms with E-state index in [0.29, 0.717) is 37.0 Å². The Kier molecular flexibility index (Phi) is 6.37. The third-order valence-electron chi connectivity index (χ3n) is 4.02. The fraction of sp³-hybridized carbons (Fsp3) is 0.500. The number of benzene rings is 1. The van der Waals surface area contributed by atoms with Crippen LogP contribution in [-0.2, 0) is 9.53 Å². The molecule has 1 heterocycles. The second kappa shape index (κ2) is 8.30. The molecule has 1 atom stereocenters. The molecule has 25 heavy (non-hydrogen) atoms. The van der Waals surface area contributed by atoms with Crippen LogP contribution in [0.5, 0.6) is 5.75 Å². The molecule has 5 nitrogen and oxygen atoms in total. The highest BCUT2D eigenvalue weighted by Gasteiger charge is 2.35. The van der Waals surface area contributed by atoms with Gasteiger partial charge >= 0.3 is 0 Å². The van der Waals surface area contributed by atoms with E-state index >= 15 is 0 Å². The Morgan fingerprint density at radius 3 is 2.64 bits per heavy atom. The summed E-state index contributed by atoms with van der Waals surface area (Å²) in [5.74, 6) is 0.921. The van der Waals surface area contributed by atoms with Crippen LogP contribution < -0.4 is 10.1 Å². The Labute approximate surface area is 149 Å². The van der Waals surface area contributed by atoms with E-state index in [2.05, 4.69) is 24.1 Å². The summed E-state index contributed by atoms with van der Waals surface area (Å²) in [7, 11) is 0. The van der Waals surface area contributed by atoms with E-state index in [9.17, 15) is 4.79 Å². The molecular formula is C20H28N2O3. The Morgan fingerprint density at radius 1 is 1.24 bits per heavy atom. The van der Waals surface area contributed by atoms with E-state index in [-0.39, 0.29) is 5.91 Å². The van der Waals surface area contributed by atoms with Gasteiger partial charge < -0.3 is 14.8 Å². The quantitative estimate of drug-likeness (QED) is 0.770. The molecule has 0 saturated carbocycles. The van der Waals surface area contributed by atoms with E-state index in [1.165, 1.54) is 0 Å². The van der Waals surface area contributed by atoms with Crippen LogP contribution in [-0.4, -0.2) is 29.7 Å². The second-order valence-corrected chi connectivity index (χ2v) is 6.66. The average molecular weight is 344 g/mol. The predicted octanol–water partition coefficient (Wildman–Crippen LogP) is 4.41.